The molecule has 3 aromatic carbocycles. The number of rotatable bonds is 6. The first-order chi connectivity index (χ1) is 16.9. The van der Waals surface area contributed by atoms with Crippen molar-refractivity contribution in [3.05, 3.63) is 95.3 Å². The number of carbonyl (C=O) groups excluding carboxylic acids is 2. The highest BCUT2D eigenvalue weighted by molar-refractivity contribution is 6.02. The Morgan fingerprint density at radius 2 is 1.39 bits per heavy atom. The molecule has 0 spiro atoms. The van der Waals surface area contributed by atoms with Crippen molar-refractivity contribution in [3.63, 3.8) is 0 Å². The van der Waals surface area contributed by atoms with Crippen LogP contribution in [-0.2, 0) is 12.4 Å². The van der Waals surface area contributed by atoms with Crippen LogP contribution in [0.25, 0.3) is 0 Å². The average molecular weight is 513 g/mol. The van der Waals surface area contributed by atoms with Gasteiger partial charge in [0.15, 0.2) is 0 Å². The van der Waals surface area contributed by atoms with Crippen LogP contribution in [0.2, 0.25) is 0 Å². The van der Waals surface area contributed by atoms with E-state index in [0.717, 1.165) is 35.2 Å². The molecule has 0 aromatic heterocycles. The first kappa shape index (κ1) is 26.5. The van der Waals surface area contributed by atoms with Crippen LogP contribution in [0.15, 0.2) is 72.8 Å². The van der Waals surface area contributed by atoms with Crippen LogP contribution in [0, 0.1) is 5.82 Å². The number of carbonyl (C=O) groups is 2. The summed E-state index contributed by atoms with van der Waals surface area (Å²) in [4.78, 5) is 26.0. The number of halogens is 7. The zero-order chi connectivity index (χ0) is 26.5. The van der Waals surface area contributed by atoms with E-state index in [2.05, 4.69) is 10.6 Å². The predicted molar refractivity (Wildman–Crippen MR) is 118 cm³/mol. The zero-order valence-corrected chi connectivity index (χ0v) is 18.3. The van der Waals surface area contributed by atoms with Crippen molar-refractivity contribution in [2.75, 3.05) is 23.3 Å². The third kappa shape index (κ3) is 6.74. The van der Waals surface area contributed by atoms with Crippen molar-refractivity contribution < 1.29 is 40.3 Å². The summed E-state index contributed by atoms with van der Waals surface area (Å²) in [7, 11) is 0. The number of nitrogens with one attached hydrogen (secondary N) is 2. The van der Waals surface area contributed by atoms with E-state index >= 15 is 0 Å². The van der Waals surface area contributed by atoms with Gasteiger partial charge in [-0.2, -0.15) is 26.3 Å². The van der Waals surface area contributed by atoms with E-state index in [9.17, 15) is 40.3 Å². The fourth-order valence-corrected chi connectivity index (χ4v) is 3.18. The molecule has 0 saturated carbocycles. The number of hydrogen-bond acceptors (Lipinski definition) is 2. The van der Waals surface area contributed by atoms with Gasteiger partial charge in [-0.1, -0.05) is 24.3 Å². The van der Waals surface area contributed by atoms with Gasteiger partial charge in [0.2, 0.25) is 0 Å². The van der Waals surface area contributed by atoms with Crippen LogP contribution in [0.1, 0.15) is 21.5 Å². The van der Waals surface area contributed by atoms with Crippen molar-refractivity contribution >= 4 is 23.3 Å². The van der Waals surface area contributed by atoms with E-state index in [-0.39, 0.29) is 30.0 Å². The second-order valence-electron chi connectivity index (χ2n) is 7.44. The molecule has 0 fully saturated rings. The van der Waals surface area contributed by atoms with Gasteiger partial charge in [0, 0.05) is 24.5 Å². The van der Waals surface area contributed by atoms with Gasteiger partial charge in [0.1, 0.15) is 5.82 Å². The summed E-state index contributed by atoms with van der Waals surface area (Å²) >= 11 is 0. The topological polar surface area (TPSA) is 61.4 Å². The minimum Gasteiger partial charge on any atom is -0.350 e. The van der Waals surface area contributed by atoms with Gasteiger partial charge in [-0.15, -0.1) is 0 Å². The van der Waals surface area contributed by atoms with Gasteiger partial charge in [0.05, 0.1) is 16.7 Å². The lowest BCUT2D eigenvalue weighted by atomic mass is 10.1. The largest absolute Gasteiger partial charge is 0.416 e. The van der Waals surface area contributed by atoms with Crippen molar-refractivity contribution in [2.24, 2.45) is 0 Å². The molecule has 3 aromatic rings. The van der Waals surface area contributed by atoms with Crippen LogP contribution in [-0.4, -0.2) is 25.0 Å². The molecule has 0 aliphatic carbocycles. The molecule has 3 amide bonds. The number of amides is 3. The van der Waals surface area contributed by atoms with Gasteiger partial charge >= 0.3 is 18.4 Å². The van der Waals surface area contributed by atoms with Gasteiger partial charge in [-0.25, -0.2) is 9.18 Å². The quantitative estimate of drug-likeness (QED) is 0.379. The normalized spacial score (nSPS) is 11.6. The molecule has 5 nitrogen and oxygen atoms in total. The molecule has 0 aliphatic heterocycles. The number of alkyl halides is 6. The van der Waals surface area contributed by atoms with Crippen molar-refractivity contribution in [3.8, 4) is 0 Å². The van der Waals surface area contributed by atoms with Crippen LogP contribution in [0.4, 0.5) is 46.9 Å². The Kier molecular flexibility index (Phi) is 7.86. The summed E-state index contributed by atoms with van der Waals surface area (Å²) in [5.41, 5.74) is -2.86. The number of anilines is 2. The Labute approximate surface area is 200 Å². The third-order valence-electron chi connectivity index (χ3n) is 4.91. The number of nitrogens with zero attached hydrogens (tertiary/aromatic N) is 1. The Morgan fingerprint density at radius 3 is 2.03 bits per heavy atom. The summed E-state index contributed by atoms with van der Waals surface area (Å²) in [5, 5.41) is 4.58. The molecule has 0 atom stereocenters. The van der Waals surface area contributed by atoms with Crippen molar-refractivity contribution in [1.82, 2.24) is 5.32 Å². The molecule has 0 saturated heterocycles. The lowest BCUT2D eigenvalue weighted by molar-refractivity contribution is -0.138. The second-order valence-corrected chi connectivity index (χ2v) is 7.44. The summed E-state index contributed by atoms with van der Waals surface area (Å²) < 4.78 is 92.4. The Hall–Kier alpha value is -4.09. The van der Waals surface area contributed by atoms with E-state index in [1.165, 1.54) is 30.3 Å². The number of urea groups is 1. The molecular formula is C24H18F7N3O2. The van der Waals surface area contributed by atoms with Crippen LogP contribution in [0.3, 0.4) is 0 Å². The maximum atomic E-state index is 13.8. The van der Waals surface area contributed by atoms with E-state index in [1.807, 2.05) is 0 Å². The van der Waals surface area contributed by atoms with Crippen molar-refractivity contribution in [1.29, 1.82) is 0 Å². The molecule has 0 aliphatic rings. The predicted octanol–water partition coefficient (Wildman–Crippen LogP) is 6.33. The lowest BCUT2D eigenvalue weighted by Crippen LogP contribution is -2.41. The molecule has 0 unspecified atom stereocenters. The standard InChI is InChI=1S/C24H18F7N3O2/c25-20-10-2-1-9-19(20)21(35)32-11-12-34(18-8-4-6-16(14-18)24(29,30)31)22(36)33-17-7-3-5-15(13-17)23(26,27)28/h1-10,13-14H,11-12H2,(H,32,35)(H,33,36). The van der Waals surface area contributed by atoms with E-state index in [0.29, 0.717) is 12.1 Å². The molecular weight excluding hydrogens is 495 g/mol. The molecule has 36 heavy (non-hydrogen) atoms. The number of benzene rings is 3. The Bertz CT molecular complexity index is 1240. The molecule has 0 heterocycles. The summed E-state index contributed by atoms with van der Waals surface area (Å²) in [5.74, 6) is -1.62. The first-order valence-electron chi connectivity index (χ1n) is 10.3. The highest BCUT2D eigenvalue weighted by Gasteiger charge is 2.32. The minimum atomic E-state index is -4.72. The SMILES string of the molecule is O=C(NCCN(C(=O)Nc1cccc(C(F)(F)F)c1)c1cccc(C(F)(F)F)c1)c1ccccc1F. The molecule has 3 rings (SSSR count). The molecule has 0 radical (unpaired) electrons. The van der Waals surface area contributed by atoms with E-state index < -0.39 is 41.2 Å². The first-order valence-corrected chi connectivity index (χ1v) is 10.3. The van der Waals surface area contributed by atoms with Gasteiger partial charge in [-0.05, 0) is 48.5 Å². The average Bonchev–Trinajstić information content (AvgIpc) is 2.81. The monoisotopic (exact) mass is 513 g/mol. The van der Waals surface area contributed by atoms with E-state index in [4.69, 9.17) is 0 Å². The minimum absolute atomic E-state index is 0.227. The number of hydrogen-bond donors (Lipinski definition) is 2. The summed E-state index contributed by atoms with van der Waals surface area (Å²) in [6, 6.07) is 11.4. The Balaban J connectivity index is 1.83. The Morgan fingerprint density at radius 1 is 0.778 bits per heavy atom. The maximum Gasteiger partial charge on any atom is 0.416 e. The van der Waals surface area contributed by atoms with Gasteiger partial charge in [-0.3, -0.25) is 9.69 Å². The highest BCUT2D eigenvalue weighted by atomic mass is 19.4. The second kappa shape index (κ2) is 10.7. The maximum absolute atomic E-state index is 13.8. The fraction of sp³-hybridized carbons (Fsp3) is 0.167. The smallest absolute Gasteiger partial charge is 0.350 e. The van der Waals surface area contributed by atoms with Gasteiger partial charge in [0.25, 0.3) is 5.91 Å². The lowest BCUT2D eigenvalue weighted by Gasteiger charge is -2.24. The fourth-order valence-electron chi connectivity index (χ4n) is 3.18. The van der Waals surface area contributed by atoms with Crippen LogP contribution >= 0.6 is 0 Å². The zero-order valence-electron chi connectivity index (χ0n) is 18.3. The van der Waals surface area contributed by atoms with E-state index in [1.54, 1.807) is 0 Å². The van der Waals surface area contributed by atoms with Crippen LogP contribution < -0.4 is 15.5 Å². The molecule has 190 valence electrons. The van der Waals surface area contributed by atoms with Gasteiger partial charge < -0.3 is 10.6 Å². The molecule has 0 bridgehead atoms. The third-order valence-corrected chi connectivity index (χ3v) is 4.91. The van der Waals surface area contributed by atoms with Crippen molar-refractivity contribution in [2.45, 2.75) is 12.4 Å². The highest BCUT2D eigenvalue weighted by Crippen LogP contribution is 2.33. The molecule has 12 heteroatoms. The summed E-state index contributed by atoms with van der Waals surface area (Å²) in [6.07, 6.45) is -9.41. The van der Waals surface area contributed by atoms with Crippen LogP contribution in [0.5, 0.6) is 0 Å². The molecule has 2 N–H and O–H groups in total. The summed E-state index contributed by atoms with van der Waals surface area (Å²) in [6.45, 7) is -0.689.